The third-order valence-corrected chi connectivity index (χ3v) is 7.33. The number of nitrogens with zero attached hydrogens (tertiary/aromatic N) is 2. The van der Waals surface area contributed by atoms with Gasteiger partial charge in [0.25, 0.3) is 0 Å². The first kappa shape index (κ1) is 19.3. The largest absolute Gasteiger partial charge is 0.474 e. The Morgan fingerprint density at radius 1 is 1.27 bits per heavy atom. The highest BCUT2D eigenvalue weighted by molar-refractivity contribution is 7.92. The molecule has 0 spiro atoms. The van der Waals surface area contributed by atoms with Crippen LogP contribution in [0.2, 0.25) is 5.15 Å². The van der Waals surface area contributed by atoms with Gasteiger partial charge in [0, 0.05) is 44.0 Å². The van der Waals surface area contributed by atoms with Crippen molar-refractivity contribution in [3.63, 3.8) is 0 Å². The molecule has 1 aliphatic rings. The number of aromatic nitrogens is 2. The molecule has 1 aliphatic carbocycles. The van der Waals surface area contributed by atoms with Crippen LogP contribution in [0, 0.1) is 0 Å². The van der Waals surface area contributed by atoms with Crippen molar-refractivity contribution in [1.82, 2.24) is 9.97 Å². The van der Waals surface area contributed by atoms with E-state index in [1.165, 1.54) is 0 Å². The van der Waals surface area contributed by atoms with E-state index in [0.717, 1.165) is 16.3 Å². The van der Waals surface area contributed by atoms with E-state index in [1.807, 2.05) is 0 Å². The summed E-state index contributed by atoms with van der Waals surface area (Å²) in [4.78, 5) is 8.61. The molecule has 1 fully saturated rings. The lowest BCUT2D eigenvalue weighted by Gasteiger charge is -2.34. The molecule has 2 heterocycles. The molecule has 0 N–H and O–H groups in total. The van der Waals surface area contributed by atoms with E-state index in [0.29, 0.717) is 30.5 Å². The van der Waals surface area contributed by atoms with Crippen LogP contribution in [0.25, 0.3) is 10.8 Å². The van der Waals surface area contributed by atoms with Crippen LogP contribution in [-0.4, -0.2) is 49.2 Å². The van der Waals surface area contributed by atoms with Gasteiger partial charge in [-0.2, -0.15) is 0 Å². The number of hydrogen-bond donors (Lipinski definition) is 0. The Balaban J connectivity index is 1.86. The van der Waals surface area contributed by atoms with Crippen LogP contribution in [0.3, 0.4) is 0 Å². The molecule has 0 aromatic carbocycles. The smallest absolute Gasteiger partial charge is 0.223 e. The number of sulfone groups is 1. The normalized spacial score (nSPS) is 21.4. The molecule has 3 rings (SSSR count). The van der Waals surface area contributed by atoms with Crippen molar-refractivity contribution in [3.05, 3.63) is 29.2 Å². The highest BCUT2D eigenvalue weighted by Gasteiger charge is 2.39. The number of hydrogen-bond acceptors (Lipinski definition) is 6. The lowest BCUT2D eigenvalue weighted by molar-refractivity contribution is 0.119. The highest BCUT2D eigenvalue weighted by Crippen LogP contribution is 2.35. The molecule has 6 nitrogen and oxygen atoms in total. The van der Waals surface area contributed by atoms with E-state index in [1.54, 1.807) is 32.5 Å². The molecule has 0 saturated heterocycles. The van der Waals surface area contributed by atoms with Crippen molar-refractivity contribution in [2.75, 3.05) is 19.5 Å². The maximum absolute atomic E-state index is 11.9. The van der Waals surface area contributed by atoms with Crippen molar-refractivity contribution in [3.8, 4) is 5.88 Å². The standard InChI is InChI=1S/C18H23ClN2O4S/c1-4-26(22,23)13-5-12(6-13)25-18-16-9-20-17(19)7-14(16)15(8-21-18)11(2)10-24-3/h7-9,11-13H,4-6,10H2,1-3H3/t11-,12-,13+/m0/s1. The zero-order valence-electron chi connectivity index (χ0n) is 15.1. The van der Waals surface area contributed by atoms with E-state index in [2.05, 4.69) is 16.9 Å². The van der Waals surface area contributed by atoms with E-state index >= 15 is 0 Å². The summed E-state index contributed by atoms with van der Waals surface area (Å²) < 4.78 is 35.0. The molecule has 8 heteroatoms. The molecule has 1 saturated carbocycles. The molecule has 2 aromatic heterocycles. The number of pyridine rings is 2. The minimum atomic E-state index is -3.00. The van der Waals surface area contributed by atoms with Gasteiger partial charge in [-0.1, -0.05) is 25.4 Å². The van der Waals surface area contributed by atoms with Crippen molar-refractivity contribution in [2.24, 2.45) is 0 Å². The number of halogens is 1. The second-order valence-corrected chi connectivity index (χ2v) is 9.67. The van der Waals surface area contributed by atoms with Gasteiger partial charge < -0.3 is 9.47 Å². The number of ether oxygens (including phenoxy) is 2. The lowest BCUT2D eigenvalue weighted by Crippen LogP contribution is -2.43. The van der Waals surface area contributed by atoms with Crippen LogP contribution >= 0.6 is 11.6 Å². The maximum atomic E-state index is 11.9. The fourth-order valence-corrected chi connectivity index (χ4v) is 4.88. The molecule has 2 aromatic rings. The molecule has 26 heavy (non-hydrogen) atoms. The SMILES string of the molecule is CCS(=O)(=O)[C@H]1C[C@@H](Oc2ncc([C@@H](C)COC)c3cc(Cl)ncc23)C1. The molecular weight excluding hydrogens is 376 g/mol. The molecule has 1 atom stereocenters. The molecule has 0 bridgehead atoms. The minimum absolute atomic E-state index is 0.144. The Morgan fingerprint density at radius 3 is 2.65 bits per heavy atom. The van der Waals surface area contributed by atoms with Gasteiger partial charge in [-0.3, -0.25) is 0 Å². The highest BCUT2D eigenvalue weighted by atomic mass is 35.5. The summed E-state index contributed by atoms with van der Waals surface area (Å²) in [5.41, 5.74) is 1.01. The monoisotopic (exact) mass is 398 g/mol. The van der Waals surface area contributed by atoms with Crippen molar-refractivity contribution < 1.29 is 17.9 Å². The summed E-state index contributed by atoms with van der Waals surface area (Å²) in [7, 11) is -1.34. The van der Waals surface area contributed by atoms with E-state index in [4.69, 9.17) is 21.1 Å². The van der Waals surface area contributed by atoms with Crippen LogP contribution in [0.5, 0.6) is 5.88 Å². The summed E-state index contributed by atoms with van der Waals surface area (Å²) in [5, 5.41) is 1.80. The van der Waals surface area contributed by atoms with Crippen LogP contribution in [-0.2, 0) is 14.6 Å². The van der Waals surface area contributed by atoms with Gasteiger partial charge in [-0.25, -0.2) is 18.4 Å². The predicted octanol–water partition coefficient (Wildman–Crippen LogP) is 3.38. The molecule has 0 unspecified atom stereocenters. The fraction of sp³-hybridized carbons (Fsp3) is 0.556. The quantitative estimate of drug-likeness (QED) is 0.665. The van der Waals surface area contributed by atoms with Gasteiger partial charge in [0.05, 0.1) is 17.2 Å². The Hall–Kier alpha value is -1.44. The van der Waals surface area contributed by atoms with Crippen LogP contribution in [0.4, 0.5) is 0 Å². The third kappa shape index (κ3) is 3.80. The Bertz CT molecular complexity index is 897. The predicted molar refractivity (Wildman–Crippen MR) is 102 cm³/mol. The first-order valence-corrected chi connectivity index (χ1v) is 10.8. The summed E-state index contributed by atoms with van der Waals surface area (Å²) in [6.45, 7) is 4.30. The summed E-state index contributed by atoms with van der Waals surface area (Å²) >= 11 is 6.08. The lowest BCUT2D eigenvalue weighted by atomic mass is 9.95. The van der Waals surface area contributed by atoms with E-state index in [9.17, 15) is 8.42 Å². The van der Waals surface area contributed by atoms with Crippen molar-refractivity contribution in [1.29, 1.82) is 0 Å². The van der Waals surface area contributed by atoms with Crippen molar-refractivity contribution >= 4 is 32.2 Å². The zero-order chi connectivity index (χ0) is 18.9. The number of fused-ring (bicyclic) bond motifs is 1. The summed E-state index contributed by atoms with van der Waals surface area (Å²) in [6, 6.07) is 1.80. The summed E-state index contributed by atoms with van der Waals surface area (Å²) in [5.74, 6) is 0.778. The second-order valence-electron chi connectivity index (χ2n) is 6.71. The Labute approximate surface area is 158 Å². The summed E-state index contributed by atoms with van der Waals surface area (Å²) in [6.07, 6.45) is 4.29. The van der Waals surface area contributed by atoms with Crippen molar-refractivity contribution in [2.45, 2.75) is 44.0 Å². The molecular formula is C18H23ClN2O4S. The molecule has 0 radical (unpaired) electrons. The first-order chi connectivity index (χ1) is 12.4. The second kappa shape index (κ2) is 7.66. The third-order valence-electron chi connectivity index (χ3n) is 4.92. The average molecular weight is 399 g/mol. The van der Waals surface area contributed by atoms with E-state index in [-0.39, 0.29) is 23.0 Å². The average Bonchev–Trinajstić information content (AvgIpc) is 2.57. The van der Waals surface area contributed by atoms with Gasteiger partial charge in [-0.05, 0) is 17.0 Å². The Kier molecular flexibility index (Phi) is 5.69. The number of rotatable bonds is 7. The molecule has 0 amide bonds. The minimum Gasteiger partial charge on any atom is -0.474 e. The van der Waals surface area contributed by atoms with Gasteiger partial charge in [0.15, 0.2) is 9.84 Å². The van der Waals surface area contributed by atoms with Crippen LogP contribution in [0.1, 0.15) is 38.2 Å². The maximum Gasteiger partial charge on any atom is 0.223 e. The van der Waals surface area contributed by atoms with Gasteiger partial charge in [-0.15, -0.1) is 0 Å². The van der Waals surface area contributed by atoms with Gasteiger partial charge in [0.1, 0.15) is 11.3 Å². The molecule has 0 aliphatic heterocycles. The Morgan fingerprint density at radius 2 is 2.00 bits per heavy atom. The number of methoxy groups -OCH3 is 1. The topological polar surface area (TPSA) is 78.4 Å². The van der Waals surface area contributed by atoms with Gasteiger partial charge >= 0.3 is 0 Å². The van der Waals surface area contributed by atoms with E-state index < -0.39 is 9.84 Å². The fourth-order valence-electron chi connectivity index (χ4n) is 3.23. The molecule has 142 valence electrons. The van der Waals surface area contributed by atoms with Gasteiger partial charge in [0.2, 0.25) is 5.88 Å². The van der Waals surface area contributed by atoms with Crippen LogP contribution < -0.4 is 4.74 Å². The van der Waals surface area contributed by atoms with Crippen LogP contribution in [0.15, 0.2) is 18.5 Å². The first-order valence-electron chi connectivity index (χ1n) is 8.67. The zero-order valence-corrected chi connectivity index (χ0v) is 16.7.